The third-order valence-electron chi connectivity index (χ3n) is 4.33. The van der Waals surface area contributed by atoms with E-state index in [9.17, 15) is 22.8 Å². The van der Waals surface area contributed by atoms with Gasteiger partial charge in [0.2, 0.25) is 5.91 Å². The quantitative estimate of drug-likeness (QED) is 0.723. The van der Waals surface area contributed by atoms with Crippen molar-refractivity contribution in [3.63, 3.8) is 0 Å². The minimum absolute atomic E-state index is 0.0187. The Morgan fingerprint density at radius 3 is 2.32 bits per heavy atom. The maximum absolute atomic E-state index is 12.9. The number of carbonyl (C=O) groups is 2. The van der Waals surface area contributed by atoms with Crippen LogP contribution in [0.25, 0.3) is 0 Å². The van der Waals surface area contributed by atoms with E-state index in [4.69, 9.17) is 9.47 Å². The van der Waals surface area contributed by atoms with Gasteiger partial charge in [0.05, 0.1) is 6.61 Å². The Balaban J connectivity index is 1.96. The van der Waals surface area contributed by atoms with E-state index in [2.05, 4.69) is 10.1 Å². The van der Waals surface area contributed by atoms with Gasteiger partial charge in [-0.3, -0.25) is 4.79 Å². The highest BCUT2D eigenvalue weighted by Crippen LogP contribution is 2.27. The summed E-state index contributed by atoms with van der Waals surface area (Å²) in [5, 5.41) is 2.53. The van der Waals surface area contributed by atoms with E-state index in [-0.39, 0.29) is 18.3 Å². The predicted molar refractivity (Wildman–Crippen MR) is 107 cm³/mol. The molecule has 1 aliphatic rings. The lowest BCUT2D eigenvalue weighted by molar-refractivity contribution is -0.274. The van der Waals surface area contributed by atoms with Crippen molar-refractivity contribution < 1.29 is 37.0 Å². The van der Waals surface area contributed by atoms with Crippen LogP contribution in [0, 0.1) is 0 Å². The Morgan fingerprint density at radius 2 is 1.77 bits per heavy atom. The lowest BCUT2D eigenvalue weighted by Crippen LogP contribution is -2.56. The molecule has 1 aromatic rings. The summed E-state index contributed by atoms with van der Waals surface area (Å²) in [6, 6.07) is 4.79. The molecule has 31 heavy (non-hydrogen) atoms. The average Bonchev–Trinajstić information content (AvgIpc) is 2.64. The number of benzene rings is 1. The number of hydrogen-bond donors (Lipinski definition) is 1. The van der Waals surface area contributed by atoms with E-state index in [1.165, 1.54) is 25.3 Å². The molecule has 0 saturated carbocycles. The molecule has 0 radical (unpaired) electrons. The van der Waals surface area contributed by atoms with Crippen LogP contribution in [0.15, 0.2) is 24.3 Å². The Morgan fingerprint density at radius 1 is 1.13 bits per heavy atom. The normalized spacial score (nSPS) is 16.0. The lowest BCUT2D eigenvalue weighted by atomic mass is 10.2. The molecular formula is C20H28F3N3O5. The second-order valence-corrected chi connectivity index (χ2v) is 8.01. The molecule has 174 valence electrons. The van der Waals surface area contributed by atoms with Crippen molar-refractivity contribution in [3.05, 3.63) is 24.3 Å². The van der Waals surface area contributed by atoms with Crippen molar-refractivity contribution in [1.82, 2.24) is 10.2 Å². The third kappa shape index (κ3) is 8.16. The molecule has 2 amide bonds. The largest absolute Gasteiger partial charge is 0.573 e. The summed E-state index contributed by atoms with van der Waals surface area (Å²) < 4.78 is 51.6. The third-order valence-corrected chi connectivity index (χ3v) is 4.33. The summed E-state index contributed by atoms with van der Waals surface area (Å²) in [4.78, 5) is 28.3. The summed E-state index contributed by atoms with van der Waals surface area (Å²) in [6.07, 6.45) is -5.48. The highest BCUT2D eigenvalue weighted by Gasteiger charge is 2.32. The van der Waals surface area contributed by atoms with Crippen molar-refractivity contribution in [3.8, 4) is 5.75 Å². The molecule has 2 rings (SSSR count). The zero-order valence-corrected chi connectivity index (χ0v) is 18.0. The number of carbonyl (C=O) groups excluding carboxylic acids is 2. The van der Waals surface area contributed by atoms with Gasteiger partial charge in [-0.05, 0) is 32.9 Å². The molecule has 1 atom stereocenters. The van der Waals surface area contributed by atoms with Gasteiger partial charge >= 0.3 is 12.5 Å². The molecule has 1 aromatic carbocycles. The molecular weight excluding hydrogens is 419 g/mol. The van der Waals surface area contributed by atoms with Gasteiger partial charge in [-0.1, -0.05) is 6.07 Å². The molecule has 0 bridgehead atoms. The van der Waals surface area contributed by atoms with Gasteiger partial charge in [-0.25, -0.2) is 4.79 Å². The fourth-order valence-electron chi connectivity index (χ4n) is 3.07. The van der Waals surface area contributed by atoms with Crippen LogP contribution in [0.2, 0.25) is 0 Å². The average molecular weight is 447 g/mol. The minimum atomic E-state index is -4.76. The number of methoxy groups -OCH3 is 1. The SMILES string of the molecule is COC[C@@H](NC(=O)OC(C)(C)C)C(=O)N1CCN(c2cccc(OC(F)(F)F)c2)CC1. The lowest BCUT2D eigenvalue weighted by Gasteiger charge is -2.37. The van der Waals surface area contributed by atoms with Crippen LogP contribution < -0.4 is 15.0 Å². The number of piperazine rings is 1. The van der Waals surface area contributed by atoms with Gasteiger partial charge in [0.25, 0.3) is 0 Å². The number of alkyl carbamates (subject to hydrolysis) is 1. The van der Waals surface area contributed by atoms with Gasteiger partial charge in [-0.2, -0.15) is 0 Å². The highest BCUT2D eigenvalue weighted by atomic mass is 19.4. The minimum Gasteiger partial charge on any atom is -0.444 e. The number of alkyl halides is 3. The Labute approximate surface area is 179 Å². The number of nitrogens with one attached hydrogen (secondary N) is 1. The van der Waals surface area contributed by atoms with E-state index in [0.717, 1.165) is 0 Å². The molecule has 1 saturated heterocycles. The molecule has 1 heterocycles. The molecule has 1 fully saturated rings. The highest BCUT2D eigenvalue weighted by molar-refractivity contribution is 5.86. The fourth-order valence-corrected chi connectivity index (χ4v) is 3.07. The van der Waals surface area contributed by atoms with Gasteiger partial charge in [0.1, 0.15) is 17.4 Å². The Kier molecular flexibility index (Phi) is 7.99. The number of rotatable bonds is 6. The molecule has 0 aromatic heterocycles. The van der Waals surface area contributed by atoms with Crippen LogP contribution in [0.5, 0.6) is 5.75 Å². The van der Waals surface area contributed by atoms with E-state index in [1.807, 2.05) is 4.90 Å². The second kappa shape index (κ2) is 10.1. The number of hydrogen-bond acceptors (Lipinski definition) is 6. The first kappa shape index (κ1) is 24.6. The summed E-state index contributed by atoms with van der Waals surface area (Å²) in [7, 11) is 1.42. The van der Waals surface area contributed by atoms with Crippen LogP contribution in [0.1, 0.15) is 20.8 Å². The van der Waals surface area contributed by atoms with Gasteiger partial charge in [0.15, 0.2) is 0 Å². The van der Waals surface area contributed by atoms with Crippen molar-refractivity contribution in [2.45, 2.75) is 38.8 Å². The molecule has 11 heteroatoms. The zero-order valence-electron chi connectivity index (χ0n) is 18.0. The number of anilines is 1. The topological polar surface area (TPSA) is 80.3 Å². The number of amides is 2. The first-order valence-corrected chi connectivity index (χ1v) is 9.76. The number of nitrogens with zero attached hydrogens (tertiary/aromatic N) is 2. The zero-order chi connectivity index (χ0) is 23.2. The number of ether oxygens (including phenoxy) is 3. The molecule has 0 aliphatic carbocycles. The van der Waals surface area contributed by atoms with Crippen molar-refractivity contribution in [1.29, 1.82) is 0 Å². The van der Waals surface area contributed by atoms with Crippen molar-refractivity contribution >= 4 is 17.7 Å². The standard InChI is InChI=1S/C20H28F3N3O5/c1-19(2,3)31-18(28)24-16(13-29-4)17(27)26-10-8-25(9-11-26)14-6-5-7-15(12-14)30-20(21,22)23/h5-7,12,16H,8-11,13H2,1-4H3,(H,24,28)/t16-/m1/s1. The Hall–Kier alpha value is -2.69. The maximum Gasteiger partial charge on any atom is 0.573 e. The van der Waals surface area contributed by atoms with E-state index in [0.29, 0.717) is 31.9 Å². The Bertz CT molecular complexity index is 759. The van der Waals surface area contributed by atoms with E-state index in [1.54, 1.807) is 31.7 Å². The van der Waals surface area contributed by atoms with Crippen LogP contribution >= 0.6 is 0 Å². The first-order valence-electron chi connectivity index (χ1n) is 9.76. The van der Waals surface area contributed by atoms with Gasteiger partial charge < -0.3 is 29.3 Å². The van der Waals surface area contributed by atoms with Crippen molar-refractivity contribution in [2.24, 2.45) is 0 Å². The maximum atomic E-state index is 12.9. The second-order valence-electron chi connectivity index (χ2n) is 8.01. The van der Waals surface area contributed by atoms with Crippen LogP contribution in [0.4, 0.5) is 23.7 Å². The summed E-state index contributed by atoms with van der Waals surface area (Å²) in [5.74, 6) is -0.619. The van der Waals surface area contributed by atoms with Crippen LogP contribution in [0.3, 0.4) is 0 Å². The number of halogens is 3. The van der Waals surface area contributed by atoms with Crippen LogP contribution in [-0.4, -0.2) is 74.8 Å². The van der Waals surface area contributed by atoms with E-state index >= 15 is 0 Å². The fraction of sp³-hybridized carbons (Fsp3) is 0.600. The monoisotopic (exact) mass is 447 g/mol. The van der Waals surface area contributed by atoms with Gasteiger partial charge in [-0.15, -0.1) is 13.2 Å². The van der Waals surface area contributed by atoms with Gasteiger partial charge in [0, 0.05) is 45.0 Å². The van der Waals surface area contributed by atoms with E-state index < -0.39 is 24.1 Å². The smallest absolute Gasteiger partial charge is 0.444 e. The first-order chi connectivity index (χ1) is 14.4. The summed E-state index contributed by atoms with van der Waals surface area (Å²) >= 11 is 0. The van der Waals surface area contributed by atoms with Crippen LogP contribution in [-0.2, 0) is 14.3 Å². The molecule has 0 spiro atoms. The van der Waals surface area contributed by atoms with Crippen molar-refractivity contribution in [2.75, 3.05) is 44.8 Å². The molecule has 8 nitrogen and oxygen atoms in total. The molecule has 0 unspecified atom stereocenters. The summed E-state index contributed by atoms with van der Waals surface area (Å²) in [6.45, 7) is 6.61. The summed E-state index contributed by atoms with van der Waals surface area (Å²) in [5.41, 5.74) is -0.144. The predicted octanol–water partition coefficient (Wildman–Crippen LogP) is 2.77. The molecule has 1 N–H and O–H groups in total. The molecule has 1 aliphatic heterocycles.